The van der Waals surface area contributed by atoms with Crippen LogP contribution >= 0.6 is 0 Å². The van der Waals surface area contributed by atoms with E-state index in [4.69, 9.17) is 14.2 Å². The first-order chi connectivity index (χ1) is 15.0. The minimum absolute atomic E-state index is 0.300. The van der Waals surface area contributed by atoms with Gasteiger partial charge in [0.25, 0.3) is 5.91 Å². The lowest BCUT2D eigenvalue weighted by molar-refractivity contribution is -0.155. The smallest absolute Gasteiger partial charge is 0.344 e. The number of carbonyl (C=O) groups excluding carboxylic acids is 2. The molecule has 3 aromatic carbocycles. The number of para-hydroxylation sites is 1. The number of ether oxygens (including phenoxy) is 3. The quantitative estimate of drug-likeness (QED) is 0.500. The minimum atomic E-state index is -0.962. The molecule has 0 spiro atoms. The molecule has 0 radical (unpaired) electrons. The summed E-state index contributed by atoms with van der Waals surface area (Å²) in [4.78, 5) is 24.2. The molecular weight excluding hydrogens is 396 g/mol. The lowest BCUT2D eigenvalue weighted by Crippen LogP contribution is -2.31. The Kier molecular flexibility index (Phi) is 7.48. The van der Waals surface area contributed by atoms with Crippen molar-refractivity contribution in [2.75, 3.05) is 24.4 Å². The first-order valence-electron chi connectivity index (χ1n) is 9.73. The highest BCUT2D eigenvalue weighted by molar-refractivity contribution is 5.95. The van der Waals surface area contributed by atoms with Gasteiger partial charge in [-0.05, 0) is 67.6 Å². The molecule has 3 aromatic rings. The van der Waals surface area contributed by atoms with Crippen LogP contribution in [0.3, 0.4) is 0 Å². The van der Waals surface area contributed by atoms with Gasteiger partial charge in [0.1, 0.15) is 11.5 Å². The third kappa shape index (κ3) is 6.78. The number of carbonyl (C=O) groups is 2. The Balaban J connectivity index is 1.42. The molecule has 0 aliphatic carbocycles. The van der Waals surface area contributed by atoms with Gasteiger partial charge in [-0.25, -0.2) is 4.79 Å². The van der Waals surface area contributed by atoms with Gasteiger partial charge in [-0.15, -0.1) is 0 Å². The second-order valence-corrected chi connectivity index (χ2v) is 6.65. The van der Waals surface area contributed by atoms with E-state index in [0.717, 1.165) is 11.4 Å². The molecule has 31 heavy (non-hydrogen) atoms. The van der Waals surface area contributed by atoms with Crippen molar-refractivity contribution in [3.05, 3.63) is 78.9 Å². The van der Waals surface area contributed by atoms with Crippen molar-refractivity contribution in [3.8, 4) is 11.5 Å². The molecule has 0 unspecified atom stereocenters. The molecule has 1 atom stereocenters. The highest BCUT2D eigenvalue weighted by Gasteiger charge is 2.18. The summed E-state index contributed by atoms with van der Waals surface area (Å²) in [6.45, 7) is 1.20. The lowest BCUT2D eigenvalue weighted by atomic mass is 10.2. The number of hydrogen-bond donors (Lipinski definition) is 2. The Hall–Kier alpha value is -4.00. The SMILES string of the molecule is COc1ccc(NC(=O)[C@@H](C)OC(=O)COc2ccc(Nc3ccccc3)cc2)cc1. The summed E-state index contributed by atoms with van der Waals surface area (Å²) in [6, 6.07) is 23.8. The van der Waals surface area contributed by atoms with Gasteiger partial charge in [0, 0.05) is 17.1 Å². The third-order valence-corrected chi connectivity index (χ3v) is 4.31. The van der Waals surface area contributed by atoms with Crippen LogP contribution in [0.25, 0.3) is 0 Å². The zero-order valence-electron chi connectivity index (χ0n) is 17.3. The molecule has 0 aliphatic heterocycles. The second kappa shape index (κ2) is 10.7. The van der Waals surface area contributed by atoms with Crippen molar-refractivity contribution in [3.63, 3.8) is 0 Å². The molecule has 0 aliphatic rings. The fourth-order valence-electron chi connectivity index (χ4n) is 2.67. The van der Waals surface area contributed by atoms with E-state index >= 15 is 0 Å². The lowest BCUT2D eigenvalue weighted by Gasteiger charge is -2.14. The maximum Gasteiger partial charge on any atom is 0.344 e. The van der Waals surface area contributed by atoms with Crippen molar-refractivity contribution in [1.82, 2.24) is 0 Å². The Morgan fingerprint density at radius 3 is 2.03 bits per heavy atom. The normalized spacial score (nSPS) is 11.2. The molecule has 7 heteroatoms. The summed E-state index contributed by atoms with van der Waals surface area (Å²) < 4.78 is 15.7. The summed E-state index contributed by atoms with van der Waals surface area (Å²) >= 11 is 0. The van der Waals surface area contributed by atoms with Crippen LogP contribution in [0.5, 0.6) is 11.5 Å². The number of amides is 1. The summed E-state index contributed by atoms with van der Waals surface area (Å²) in [5.41, 5.74) is 2.45. The molecule has 0 saturated carbocycles. The molecule has 0 bridgehead atoms. The average Bonchev–Trinajstić information content (AvgIpc) is 2.80. The largest absolute Gasteiger partial charge is 0.497 e. The fourth-order valence-corrected chi connectivity index (χ4v) is 2.67. The summed E-state index contributed by atoms with van der Waals surface area (Å²) in [7, 11) is 1.56. The Labute approximate surface area is 180 Å². The van der Waals surface area contributed by atoms with Gasteiger partial charge in [-0.2, -0.15) is 0 Å². The zero-order valence-corrected chi connectivity index (χ0v) is 17.3. The van der Waals surface area contributed by atoms with Crippen molar-refractivity contribution < 1.29 is 23.8 Å². The highest BCUT2D eigenvalue weighted by atomic mass is 16.6. The molecule has 0 saturated heterocycles. The molecule has 160 valence electrons. The number of anilines is 3. The number of nitrogens with one attached hydrogen (secondary N) is 2. The molecule has 0 heterocycles. The number of benzene rings is 3. The maximum atomic E-state index is 12.2. The van der Waals surface area contributed by atoms with E-state index < -0.39 is 18.0 Å². The van der Waals surface area contributed by atoms with Crippen molar-refractivity contribution in [2.45, 2.75) is 13.0 Å². The van der Waals surface area contributed by atoms with Crippen LogP contribution in [0.1, 0.15) is 6.92 Å². The van der Waals surface area contributed by atoms with Gasteiger partial charge in [-0.3, -0.25) is 4.79 Å². The van der Waals surface area contributed by atoms with E-state index in [0.29, 0.717) is 17.2 Å². The first kappa shape index (κ1) is 21.7. The van der Waals surface area contributed by atoms with Gasteiger partial charge in [-0.1, -0.05) is 18.2 Å². The van der Waals surface area contributed by atoms with Gasteiger partial charge in [0.05, 0.1) is 7.11 Å². The number of hydrogen-bond acceptors (Lipinski definition) is 6. The predicted octanol–water partition coefficient (Wildman–Crippen LogP) is 4.39. The summed E-state index contributed by atoms with van der Waals surface area (Å²) in [6.07, 6.45) is -0.962. The van der Waals surface area contributed by atoms with E-state index in [9.17, 15) is 9.59 Å². The van der Waals surface area contributed by atoms with Gasteiger partial charge in [0.2, 0.25) is 0 Å². The third-order valence-electron chi connectivity index (χ3n) is 4.31. The Morgan fingerprint density at radius 2 is 1.39 bits per heavy atom. The number of rotatable bonds is 9. The number of esters is 1. The van der Waals surface area contributed by atoms with Crippen LogP contribution in [0, 0.1) is 0 Å². The van der Waals surface area contributed by atoms with Crippen LogP contribution in [0.15, 0.2) is 78.9 Å². The van der Waals surface area contributed by atoms with Crippen LogP contribution in [0.4, 0.5) is 17.1 Å². The predicted molar refractivity (Wildman–Crippen MR) is 119 cm³/mol. The Morgan fingerprint density at radius 1 is 0.806 bits per heavy atom. The van der Waals surface area contributed by atoms with Gasteiger partial charge < -0.3 is 24.8 Å². The van der Waals surface area contributed by atoms with Crippen molar-refractivity contribution in [1.29, 1.82) is 0 Å². The molecule has 0 aromatic heterocycles. The molecule has 7 nitrogen and oxygen atoms in total. The van der Waals surface area contributed by atoms with E-state index in [1.807, 2.05) is 42.5 Å². The highest BCUT2D eigenvalue weighted by Crippen LogP contribution is 2.20. The minimum Gasteiger partial charge on any atom is -0.497 e. The first-order valence-corrected chi connectivity index (χ1v) is 9.73. The van der Waals surface area contributed by atoms with Crippen LogP contribution in [0.2, 0.25) is 0 Å². The van der Waals surface area contributed by atoms with Crippen molar-refractivity contribution >= 4 is 28.9 Å². The summed E-state index contributed by atoms with van der Waals surface area (Å²) in [5, 5.41) is 5.94. The molecule has 1 amide bonds. The topological polar surface area (TPSA) is 85.9 Å². The maximum absolute atomic E-state index is 12.2. The number of methoxy groups -OCH3 is 1. The van der Waals surface area contributed by atoms with Crippen LogP contribution in [-0.2, 0) is 14.3 Å². The fraction of sp³-hybridized carbons (Fsp3) is 0.167. The van der Waals surface area contributed by atoms with Crippen molar-refractivity contribution in [2.24, 2.45) is 0 Å². The molecular formula is C24H24N2O5. The monoisotopic (exact) mass is 420 g/mol. The van der Waals surface area contributed by atoms with E-state index in [1.165, 1.54) is 6.92 Å². The molecule has 2 N–H and O–H groups in total. The Bertz CT molecular complexity index is 989. The van der Waals surface area contributed by atoms with Crippen LogP contribution < -0.4 is 20.1 Å². The van der Waals surface area contributed by atoms with Gasteiger partial charge in [0.15, 0.2) is 12.7 Å². The molecule has 3 rings (SSSR count). The molecule has 0 fully saturated rings. The van der Waals surface area contributed by atoms with Gasteiger partial charge >= 0.3 is 5.97 Å². The van der Waals surface area contributed by atoms with E-state index in [2.05, 4.69) is 10.6 Å². The summed E-state index contributed by atoms with van der Waals surface area (Å²) in [5.74, 6) is 0.128. The zero-order chi connectivity index (χ0) is 22.1. The second-order valence-electron chi connectivity index (χ2n) is 6.65. The standard InChI is InChI=1S/C24H24N2O5/c1-17(24(28)26-20-8-12-21(29-2)13-9-20)31-23(27)16-30-22-14-10-19(11-15-22)25-18-6-4-3-5-7-18/h3-15,17,25H,16H2,1-2H3,(H,26,28)/t17-/m1/s1. The van der Waals surface area contributed by atoms with Crippen LogP contribution in [-0.4, -0.2) is 31.7 Å². The van der Waals surface area contributed by atoms with E-state index in [1.54, 1.807) is 43.5 Å². The van der Waals surface area contributed by atoms with E-state index in [-0.39, 0.29) is 6.61 Å². The average molecular weight is 420 g/mol.